The number of rotatable bonds is 9. The molecule has 166 valence electrons. The molecule has 5 atom stereocenters. The molecule has 0 radical (unpaired) electrons. The van der Waals surface area contributed by atoms with Crippen LogP contribution in [0, 0.1) is 23.2 Å². The number of nitrogens with zero attached hydrogens (tertiary/aromatic N) is 2. The summed E-state index contributed by atoms with van der Waals surface area (Å²) in [5, 5.41) is 10.6. The van der Waals surface area contributed by atoms with Crippen molar-refractivity contribution >= 4 is 0 Å². The average Bonchev–Trinajstić information content (AvgIpc) is 3.39. The summed E-state index contributed by atoms with van der Waals surface area (Å²) in [6.07, 6.45) is 12.1. The van der Waals surface area contributed by atoms with E-state index >= 15 is 0 Å². The van der Waals surface area contributed by atoms with Gasteiger partial charge in [0.1, 0.15) is 11.5 Å². The maximum atomic E-state index is 10.6. The Hall–Kier alpha value is -2.37. The van der Waals surface area contributed by atoms with E-state index in [-0.39, 0.29) is 0 Å². The van der Waals surface area contributed by atoms with Crippen molar-refractivity contribution in [3.8, 4) is 6.07 Å². The van der Waals surface area contributed by atoms with Gasteiger partial charge in [-0.15, -0.1) is 6.58 Å². The molecule has 3 aliphatic rings. The molecule has 1 saturated heterocycles. The SMILES string of the molecule is C=CCCCC[N+]1(C)[C@H]2C[C@H](CC(C#N)(c3ccccc3)c3ccccc3)C[C@@H]3CCC321. The number of likely N-dealkylation sites (N-methyl/N-ethyl adjacent to an activating group) is 1. The van der Waals surface area contributed by atoms with Gasteiger partial charge in [0, 0.05) is 18.8 Å². The van der Waals surface area contributed by atoms with Gasteiger partial charge >= 0.3 is 0 Å². The number of allylic oxidation sites excluding steroid dienone is 1. The van der Waals surface area contributed by atoms with Crippen LogP contribution in [0.1, 0.15) is 62.5 Å². The maximum Gasteiger partial charge on any atom is 0.154 e. The van der Waals surface area contributed by atoms with Gasteiger partial charge in [-0.1, -0.05) is 66.7 Å². The Morgan fingerprint density at radius 2 is 1.72 bits per heavy atom. The Balaban J connectivity index is 1.40. The summed E-state index contributed by atoms with van der Waals surface area (Å²) in [5.41, 5.74) is 2.33. The van der Waals surface area contributed by atoms with Crippen LogP contribution < -0.4 is 0 Å². The van der Waals surface area contributed by atoms with E-state index in [0.717, 1.165) is 35.9 Å². The molecule has 1 aliphatic heterocycles. The van der Waals surface area contributed by atoms with Crippen LogP contribution in [0.3, 0.4) is 0 Å². The first-order valence-electron chi connectivity index (χ1n) is 12.6. The summed E-state index contributed by atoms with van der Waals surface area (Å²) in [4.78, 5) is 0. The smallest absolute Gasteiger partial charge is 0.154 e. The largest absolute Gasteiger partial charge is 0.308 e. The highest BCUT2D eigenvalue weighted by atomic mass is 15.6. The number of unbranched alkanes of at least 4 members (excludes halogenated alkanes) is 2. The highest BCUT2D eigenvalue weighted by Gasteiger charge is 2.83. The Morgan fingerprint density at radius 1 is 1.06 bits per heavy atom. The van der Waals surface area contributed by atoms with Crippen molar-refractivity contribution in [1.29, 1.82) is 5.26 Å². The average molecular weight is 426 g/mol. The number of quaternary nitrogens is 1. The Kier molecular flexibility index (Phi) is 5.50. The molecule has 5 rings (SSSR count). The molecule has 0 aromatic heterocycles. The molecule has 2 heteroatoms. The van der Waals surface area contributed by atoms with Gasteiger partial charge in [-0.25, -0.2) is 0 Å². The fraction of sp³-hybridized carbons (Fsp3) is 0.500. The zero-order valence-electron chi connectivity index (χ0n) is 19.5. The number of nitriles is 1. The van der Waals surface area contributed by atoms with Crippen molar-refractivity contribution in [3.05, 3.63) is 84.4 Å². The van der Waals surface area contributed by atoms with Gasteiger partial charge in [-0.2, -0.15) is 5.26 Å². The Bertz CT molecular complexity index is 951. The predicted octanol–water partition coefficient (Wildman–Crippen LogP) is 6.63. The topological polar surface area (TPSA) is 23.8 Å². The van der Waals surface area contributed by atoms with Crippen molar-refractivity contribution < 1.29 is 4.48 Å². The number of benzene rings is 2. The second kappa shape index (κ2) is 8.20. The van der Waals surface area contributed by atoms with Gasteiger partial charge in [-0.3, -0.25) is 0 Å². The molecule has 32 heavy (non-hydrogen) atoms. The van der Waals surface area contributed by atoms with Gasteiger partial charge in [0.2, 0.25) is 0 Å². The first-order chi connectivity index (χ1) is 15.6. The molecule has 2 aromatic carbocycles. The summed E-state index contributed by atoms with van der Waals surface area (Å²) >= 11 is 0. The van der Waals surface area contributed by atoms with Gasteiger partial charge in [0.25, 0.3) is 0 Å². The van der Waals surface area contributed by atoms with Crippen LogP contribution in [0.25, 0.3) is 0 Å². The van der Waals surface area contributed by atoms with Gasteiger partial charge in [0.05, 0.1) is 19.7 Å². The molecule has 2 saturated carbocycles. The fourth-order valence-corrected chi connectivity index (χ4v) is 7.83. The van der Waals surface area contributed by atoms with E-state index in [0.29, 0.717) is 11.5 Å². The van der Waals surface area contributed by atoms with Crippen LogP contribution in [-0.4, -0.2) is 29.7 Å². The normalized spacial score (nSPS) is 32.7. The molecule has 0 amide bonds. The van der Waals surface area contributed by atoms with Crippen molar-refractivity contribution in [1.82, 2.24) is 0 Å². The van der Waals surface area contributed by atoms with Crippen LogP contribution in [-0.2, 0) is 5.41 Å². The van der Waals surface area contributed by atoms with Gasteiger partial charge in [-0.05, 0) is 55.6 Å². The Morgan fingerprint density at radius 3 is 2.25 bits per heavy atom. The van der Waals surface area contributed by atoms with Gasteiger partial charge < -0.3 is 4.48 Å². The van der Waals surface area contributed by atoms with Crippen LogP contribution in [0.5, 0.6) is 0 Å². The minimum absolute atomic E-state index is 0.556. The van der Waals surface area contributed by atoms with Crippen LogP contribution in [0.2, 0.25) is 0 Å². The van der Waals surface area contributed by atoms with Crippen LogP contribution >= 0.6 is 0 Å². The van der Waals surface area contributed by atoms with E-state index < -0.39 is 5.41 Å². The van der Waals surface area contributed by atoms with Crippen molar-refractivity contribution in [2.24, 2.45) is 11.8 Å². The number of hydrogen-bond acceptors (Lipinski definition) is 1. The van der Waals surface area contributed by atoms with Crippen molar-refractivity contribution in [2.45, 2.75) is 68.4 Å². The molecule has 2 aromatic rings. The lowest BCUT2D eigenvalue weighted by Gasteiger charge is -2.42. The summed E-state index contributed by atoms with van der Waals surface area (Å²) in [7, 11) is 2.54. The molecule has 2 aliphatic carbocycles. The highest BCUT2D eigenvalue weighted by molar-refractivity contribution is 5.46. The first kappa shape index (κ1) is 21.5. The van der Waals surface area contributed by atoms with E-state index in [1.54, 1.807) is 0 Å². The van der Waals surface area contributed by atoms with Crippen LogP contribution in [0.15, 0.2) is 73.3 Å². The van der Waals surface area contributed by atoms with E-state index in [1.807, 2.05) is 0 Å². The van der Waals surface area contributed by atoms with E-state index in [1.165, 1.54) is 49.6 Å². The zero-order valence-corrected chi connectivity index (χ0v) is 19.5. The standard InChI is InChI=1S/C30H37N2/c1-3-4-5-12-19-32(2)28-21-24(20-27-17-18-30(27,28)32)22-29(23-31,25-13-8-6-9-14-25)26-15-10-7-11-16-26/h3,6-11,13-16,24,27-28H,1,4-5,12,17-22H2,2H3/q+1/t24-,27+,28+,30?,32?/m1/s1. The van der Waals surface area contributed by atoms with Crippen molar-refractivity contribution in [2.75, 3.05) is 13.6 Å². The van der Waals surface area contributed by atoms with Crippen molar-refractivity contribution in [3.63, 3.8) is 0 Å². The number of hydrogen-bond donors (Lipinski definition) is 0. The first-order valence-corrected chi connectivity index (χ1v) is 12.6. The molecule has 2 unspecified atom stereocenters. The lowest BCUT2D eigenvalue weighted by Crippen LogP contribution is -2.48. The van der Waals surface area contributed by atoms with E-state index in [4.69, 9.17) is 0 Å². The third kappa shape index (κ3) is 3.09. The lowest BCUT2D eigenvalue weighted by atomic mass is 9.58. The quantitative estimate of drug-likeness (QED) is 0.191. The van der Waals surface area contributed by atoms with Gasteiger partial charge in [0.15, 0.2) is 5.54 Å². The second-order valence-corrected chi connectivity index (χ2v) is 10.8. The summed E-state index contributed by atoms with van der Waals surface area (Å²) in [5.74, 6) is 1.48. The number of likely N-dealkylation sites (tertiary alicyclic amines) is 1. The highest BCUT2D eigenvalue weighted by Crippen LogP contribution is 2.70. The minimum atomic E-state index is -0.556. The third-order valence-corrected chi connectivity index (χ3v) is 9.52. The molecular weight excluding hydrogens is 388 g/mol. The molecule has 2 nitrogen and oxygen atoms in total. The summed E-state index contributed by atoms with van der Waals surface area (Å²) < 4.78 is 1.31. The van der Waals surface area contributed by atoms with Crippen LogP contribution in [0.4, 0.5) is 0 Å². The lowest BCUT2D eigenvalue weighted by molar-refractivity contribution is -0.828. The third-order valence-electron chi connectivity index (χ3n) is 9.52. The molecule has 1 heterocycles. The van der Waals surface area contributed by atoms with E-state index in [9.17, 15) is 5.26 Å². The summed E-state index contributed by atoms with van der Waals surface area (Å²) in [6, 6.07) is 24.7. The molecule has 0 N–H and O–H groups in total. The molecule has 0 bridgehead atoms. The summed E-state index contributed by atoms with van der Waals surface area (Å²) in [6.45, 7) is 5.21. The van der Waals surface area contributed by atoms with E-state index in [2.05, 4.69) is 86.4 Å². The fourth-order valence-electron chi connectivity index (χ4n) is 7.83. The minimum Gasteiger partial charge on any atom is -0.308 e. The molecular formula is C30H37N2+. The zero-order chi connectivity index (χ0) is 22.2. The predicted molar refractivity (Wildman–Crippen MR) is 131 cm³/mol. The Labute approximate surface area is 194 Å². The maximum absolute atomic E-state index is 10.6. The monoisotopic (exact) mass is 425 g/mol. The molecule has 3 fully saturated rings. The second-order valence-electron chi connectivity index (χ2n) is 10.8. The molecule has 1 spiro atoms.